The highest BCUT2D eigenvalue weighted by Crippen LogP contribution is 2.14. The lowest BCUT2D eigenvalue weighted by molar-refractivity contribution is -0.125. The molecule has 0 aliphatic carbocycles. The molecule has 3 nitrogen and oxygen atoms in total. The van der Waals surface area contributed by atoms with Crippen LogP contribution in [0, 0.1) is 5.92 Å². The molecular weight excluding hydrogens is 164 g/mol. The molecule has 1 amide bonds. The number of nitrogens with zero attached hydrogens (tertiary/aromatic N) is 1. The fourth-order valence-electron chi connectivity index (χ4n) is 1.66. The molecule has 0 radical (unpaired) electrons. The first-order valence-corrected chi connectivity index (χ1v) is 5.09. The van der Waals surface area contributed by atoms with E-state index in [-0.39, 0.29) is 11.9 Å². The van der Waals surface area contributed by atoms with Gasteiger partial charge >= 0.3 is 0 Å². The van der Waals surface area contributed by atoms with E-state index in [0.717, 1.165) is 25.9 Å². The summed E-state index contributed by atoms with van der Waals surface area (Å²) < 4.78 is 0. The van der Waals surface area contributed by atoms with Crippen molar-refractivity contribution < 1.29 is 4.79 Å². The van der Waals surface area contributed by atoms with Crippen molar-refractivity contribution in [3.05, 3.63) is 0 Å². The minimum Gasteiger partial charge on any atom is -0.354 e. The van der Waals surface area contributed by atoms with Crippen molar-refractivity contribution in [1.29, 1.82) is 0 Å². The van der Waals surface area contributed by atoms with Gasteiger partial charge < -0.3 is 5.32 Å². The molecule has 0 spiro atoms. The van der Waals surface area contributed by atoms with Gasteiger partial charge in [0.1, 0.15) is 0 Å². The Morgan fingerprint density at radius 3 is 2.77 bits per heavy atom. The van der Waals surface area contributed by atoms with Gasteiger partial charge in [0.05, 0.1) is 6.04 Å². The summed E-state index contributed by atoms with van der Waals surface area (Å²) in [5.74, 6) is 0.740. The maximum absolute atomic E-state index is 11.6. The van der Waals surface area contributed by atoms with E-state index in [1.54, 1.807) is 0 Å². The van der Waals surface area contributed by atoms with Crippen molar-refractivity contribution in [2.45, 2.75) is 32.7 Å². The molecule has 0 saturated carbocycles. The van der Waals surface area contributed by atoms with Crippen LogP contribution in [0.3, 0.4) is 0 Å². The van der Waals surface area contributed by atoms with E-state index in [1.165, 1.54) is 0 Å². The van der Waals surface area contributed by atoms with Gasteiger partial charge in [0, 0.05) is 6.54 Å². The smallest absolute Gasteiger partial charge is 0.237 e. The number of hydrogen-bond donors (Lipinski definition) is 1. The van der Waals surface area contributed by atoms with Gasteiger partial charge in [-0.25, -0.2) is 0 Å². The molecule has 0 bridgehead atoms. The molecule has 76 valence electrons. The molecule has 1 aliphatic heterocycles. The Morgan fingerprint density at radius 1 is 1.62 bits per heavy atom. The van der Waals surface area contributed by atoms with Crippen molar-refractivity contribution in [1.82, 2.24) is 10.2 Å². The average Bonchev–Trinajstić information content (AvgIpc) is 2.47. The van der Waals surface area contributed by atoms with E-state index in [1.807, 2.05) is 7.05 Å². The van der Waals surface area contributed by atoms with Crippen LogP contribution in [-0.4, -0.2) is 37.0 Å². The van der Waals surface area contributed by atoms with Gasteiger partial charge in [0.15, 0.2) is 0 Å². The van der Waals surface area contributed by atoms with Crippen LogP contribution < -0.4 is 5.32 Å². The maximum atomic E-state index is 11.6. The van der Waals surface area contributed by atoms with Crippen LogP contribution in [0.2, 0.25) is 0 Å². The second-order valence-corrected chi connectivity index (χ2v) is 4.28. The molecule has 1 saturated heterocycles. The second-order valence-electron chi connectivity index (χ2n) is 4.28. The fraction of sp³-hybridized carbons (Fsp3) is 0.900. The topological polar surface area (TPSA) is 32.3 Å². The molecule has 1 atom stereocenters. The SMILES string of the molecule is CC(C)CNC(=O)[C@@H]1CCCN1C. The largest absolute Gasteiger partial charge is 0.354 e. The minimum absolute atomic E-state index is 0.124. The van der Waals surface area contributed by atoms with Gasteiger partial charge in [-0.05, 0) is 32.4 Å². The summed E-state index contributed by atoms with van der Waals surface area (Å²) in [4.78, 5) is 13.7. The summed E-state index contributed by atoms with van der Waals surface area (Å²) in [6, 6.07) is 0.124. The lowest BCUT2D eigenvalue weighted by atomic mass is 10.2. The number of likely N-dealkylation sites (tertiary alicyclic amines) is 1. The maximum Gasteiger partial charge on any atom is 0.237 e. The van der Waals surface area contributed by atoms with Gasteiger partial charge in [-0.2, -0.15) is 0 Å². The van der Waals surface area contributed by atoms with Crippen LogP contribution in [0.25, 0.3) is 0 Å². The molecule has 13 heavy (non-hydrogen) atoms. The number of likely N-dealkylation sites (N-methyl/N-ethyl adjacent to an activating group) is 1. The molecule has 3 heteroatoms. The van der Waals surface area contributed by atoms with E-state index in [0.29, 0.717) is 5.92 Å². The standard InChI is InChI=1S/C10H20N2O/c1-8(2)7-11-10(13)9-5-4-6-12(9)3/h8-9H,4-7H2,1-3H3,(H,11,13)/t9-/m0/s1. The zero-order valence-electron chi connectivity index (χ0n) is 8.84. The second kappa shape index (κ2) is 4.61. The summed E-state index contributed by atoms with van der Waals surface area (Å²) in [6.45, 7) is 6.07. The summed E-state index contributed by atoms with van der Waals surface area (Å²) in [7, 11) is 2.02. The van der Waals surface area contributed by atoms with Crippen molar-refractivity contribution in [2.75, 3.05) is 20.1 Å². The minimum atomic E-state index is 0.124. The predicted octanol–water partition coefficient (Wildman–Crippen LogP) is 0.853. The van der Waals surface area contributed by atoms with Gasteiger partial charge in [-0.15, -0.1) is 0 Å². The zero-order valence-corrected chi connectivity index (χ0v) is 8.84. The Hall–Kier alpha value is -0.570. The zero-order chi connectivity index (χ0) is 9.84. The van der Waals surface area contributed by atoms with E-state index >= 15 is 0 Å². The Labute approximate surface area is 80.5 Å². The number of carbonyl (C=O) groups excluding carboxylic acids is 1. The Balaban J connectivity index is 2.30. The first-order chi connectivity index (χ1) is 6.11. The lowest BCUT2D eigenvalue weighted by Crippen LogP contribution is -2.42. The van der Waals surface area contributed by atoms with Crippen LogP contribution in [0.5, 0.6) is 0 Å². The van der Waals surface area contributed by atoms with Crippen molar-refractivity contribution in [3.8, 4) is 0 Å². The molecule has 0 aromatic rings. The van der Waals surface area contributed by atoms with Gasteiger partial charge in [0.25, 0.3) is 0 Å². The highest BCUT2D eigenvalue weighted by atomic mass is 16.2. The number of nitrogens with one attached hydrogen (secondary N) is 1. The van der Waals surface area contributed by atoms with Crippen LogP contribution >= 0.6 is 0 Å². The third-order valence-electron chi connectivity index (χ3n) is 2.51. The first kappa shape index (κ1) is 10.5. The van der Waals surface area contributed by atoms with E-state index in [9.17, 15) is 4.79 Å². The molecule has 0 unspecified atom stereocenters. The molecule has 1 N–H and O–H groups in total. The lowest BCUT2D eigenvalue weighted by Gasteiger charge is -2.19. The predicted molar refractivity (Wildman–Crippen MR) is 53.5 cm³/mol. The van der Waals surface area contributed by atoms with E-state index < -0.39 is 0 Å². The summed E-state index contributed by atoms with van der Waals surface area (Å²) in [6.07, 6.45) is 2.16. The van der Waals surface area contributed by atoms with Crippen LogP contribution in [-0.2, 0) is 4.79 Å². The van der Waals surface area contributed by atoms with Crippen molar-refractivity contribution in [3.63, 3.8) is 0 Å². The van der Waals surface area contributed by atoms with Crippen LogP contribution in [0.1, 0.15) is 26.7 Å². The van der Waals surface area contributed by atoms with Crippen LogP contribution in [0.15, 0.2) is 0 Å². The number of rotatable bonds is 3. The molecule has 0 aromatic carbocycles. The third-order valence-corrected chi connectivity index (χ3v) is 2.51. The fourth-order valence-corrected chi connectivity index (χ4v) is 1.66. The number of amides is 1. The molecular formula is C10H20N2O. The first-order valence-electron chi connectivity index (χ1n) is 5.09. The molecule has 1 heterocycles. The highest BCUT2D eigenvalue weighted by molar-refractivity contribution is 5.81. The van der Waals surface area contributed by atoms with Gasteiger partial charge in [0.2, 0.25) is 5.91 Å². The van der Waals surface area contributed by atoms with E-state index in [4.69, 9.17) is 0 Å². The van der Waals surface area contributed by atoms with Crippen LogP contribution in [0.4, 0.5) is 0 Å². The summed E-state index contributed by atoms with van der Waals surface area (Å²) >= 11 is 0. The Bertz CT molecular complexity index is 180. The van der Waals surface area contributed by atoms with Crippen molar-refractivity contribution in [2.24, 2.45) is 5.92 Å². The highest BCUT2D eigenvalue weighted by Gasteiger charge is 2.27. The van der Waals surface area contributed by atoms with Gasteiger partial charge in [-0.1, -0.05) is 13.8 Å². The molecule has 1 fully saturated rings. The summed E-state index contributed by atoms with van der Waals surface area (Å²) in [5, 5.41) is 2.97. The molecule has 0 aromatic heterocycles. The third kappa shape index (κ3) is 2.99. The molecule has 1 aliphatic rings. The Morgan fingerprint density at radius 2 is 2.31 bits per heavy atom. The average molecular weight is 184 g/mol. The quantitative estimate of drug-likeness (QED) is 0.705. The van der Waals surface area contributed by atoms with Crippen molar-refractivity contribution >= 4 is 5.91 Å². The van der Waals surface area contributed by atoms with E-state index in [2.05, 4.69) is 24.1 Å². The monoisotopic (exact) mass is 184 g/mol. The number of carbonyl (C=O) groups is 1. The normalized spacial score (nSPS) is 23.8. The van der Waals surface area contributed by atoms with Gasteiger partial charge in [-0.3, -0.25) is 9.69 Å². The summed E-state index contributed by atoms with van der Waals surface area (Å²) in [5.41, 5.74) is 0. The number of hydrogen-bond acceptors (Lipinski definition) is 2. The molecule has 1 rings (SSSR count). The Kier molecular flexibility index (Phi) is 3.72.